The van der Waals surface area contributed by atoms with Crippen LogP contribution >= 0.6 is 11.6 Å². The van der Waals surface area contributed by atoms with Gasteiger partial charge in [-0.05, 0) is 32.6 Å². The van der Waals surface area contributed by atoms with Crippen molar-refractivity contribution in [2.24, 2.45) is 5.73 Å². The lowest BCUT2D eigenvalue weighted by Crippen LogP contribution is -2.42. The highest BCUT2D eigenvalue weighted by Gasteiger charge is 2.26. The van der Waals surface area contributed by atoms with Gasteiger partial charge in [0.2, 0.25) is 0 Å². The smallest absolute Gasteiger partial charge is 0.287 e. The first-order valence-corrected chi connectivity index (χ1v) is 7.85. The van der Waals surface area contributed by atoms with Crippen molar-refractivity contribution in [3.63, 3.8) is 0 Å². The highest BCUT2D eigenvalue weighted by atomic mass is 35.5. The third kappa shape index (κ3) is 3.56. The van der Waals surface area contributed by atoms with Gasteiger partial charge in [-0.3, -0.25) is 4.79 Å². The van der Waals surface area contributed by atoms with Gasteiger partial charge in [0, 0.05) is 18.6 Å². The fourth-order valence-corrected chi connectivity index (χ4v) is 3.20. The minimum atomic E-state index is -0.353. The molecule has 1 aliphatic carbocycles. The summed E-state index contributed by atoms with van der Waals surface area (Å²) in [6, 6.07) is 0.633. The summed E-state index contributed by atoms with van der Waals surface area (Å²) in [7, 11) is 0. The van der Waals surface area contributed by atoms with Crippen molar-refractivity contribution in [2.75, 3.05) is 18.1 Å². The summed E-state index contributed by atoms with van der Waals surface area (Å²) < 4.78 is 1.19. The van der Waals surface area contributed by atoms with Crippen LogP contribution in [-0.2, 0) is 6.54 Å². The first kappa shape index (κ1) is 16.3. The van der Waals surface area contributed by atoms with E-state index in [4.69, 9.17) is 22.4 Å². The van der Waals surface area contributed by atoms with Crippen LogP contribution in [0.3, 0.4) is 0 Å². The summed E-state index contributed by atoms with van der Waals surface area (Å²) in [5.41, 5.74) is 6.28. The fourth-order valence-electron chi connectivity index (χ4n) is 2.95. The van der Waals surface area contributed by atoms with Crippen molar-refractivity contribution in [3.8, 4) is 0 Å². The molecule has 0 bridgehead atoms. The second-order valence-electron chi connectivity index (χ2n) is 5.45. The molecule has 0 amide bonds. The molecular formula is C14H23ClN4O2. The third-order valence-corrected chi connectivity index (χ3v) is 4.47. The summed E-state index contributed by atoms with van der Waals surface area (Å²) in [4.78, 5) is 14.3. The van der Waals surface area contributed by atoms with Gasteiger partial charge < -0.3 is 15.7 Å². The molecule has 118 valence electrons. The number of halogens is 1. The normalized spacial score (nSPS) is 22.3. The van der Waals surface area contributed by atoms with Gasteiger partial charge in [-0.1, -0.05) is 11.6 Å². The van der Waals surface area contributed by atoms with Crippen LogP contribution in [0, 0.1) is 0 Å². The summed E-state index contributed by atoms with van der Waals surface area (Å²) in [6.45, 7) is 2.83. The van der Waals surface area contributed by atoms with Gasteiger partial charge in [0.1, 0.15) is 5.02 Å². The molecule has 7 heteroatoms. The number of hydrogen-bond donors (Lipinski definition) is 2. The molecule has 1 aromatic heterocycles. The van der Waals surface area contributed by atoms with Crippen LogP contribution in [0.2, 0.25) is 5.02 Å². The van der Waals surface area contributed by atoms with Crippen molar-refractivity contribution >= 4 is 17.3 Å². The number of anilines is 1. The molecule has 0 radical (unpaired) electrons. The Balaban J connectivity index is 2.26. The molecule has 0 atom stereocenters. The molecule has 21 heavy (non-hydrogen) atoms. The molecule has 0 saturated heterocycles. The van der Waals surface area contributed by atoms with E-state index in [0.29, 0.717) is 11.7 Å². The minimum absolute atomic E-state index is 0.138. The number of aliphatic hydroxyl groups is 1. The number of hydrogen-bond acceptors (Lipinski definition) is 5. The van der Waals surface area contributed by atoms with Crippen molar-refractivity contribution < 1.29 is 5.11 Å². The molecular weight excluding hydrogens is 292 g/mol. The predicted octanol–water partition coefficient (Wildman–Crippen LogP) is 0.985. The second-order valence-corrected chi connectivity index (χ2v) is 5.83. The molecule has 3 N–H and O–H groups in total. The van der Waals surface area contributed by atoms with Gasteiger partial charge in [0.15, 0.2) is 0 Å². The Morgan fingerprint density at radius 3 is 2.71 bits per heavy atom. The third-order valence-electron chi connectivity index (χ3n) is 4.11. The number of nitrogens with two attached hydrogens (primary N) is 1. The quantitative estimate of drug-likeness (QED) is 0.846. The highest BCUT2D eigenvalue weighted by Crippen LogP contribution is 2.29. The first-order chi connectivity index (χ1) is 10.1. The Kier molecular flexibility index (Phi) is 5.61. The van der Waals surface area contributed by atoms with Crippen LogP contribution in [0.15, 0.2) is 11.0 Å². The average molecular weight is 315 g/mol. The first-order valence-electron chi connectivity index (χ1n) is 7.47. The number of aliphatic hydroxyl groups excluding tert-OH is 1. The van der Waals surface area contributed by atoms with E-state index in [1.807, 2.05) is 6.92 Å². The lowest BCUT2D eigenvalue weighted by molar-refractivity contribution is 0.266. The van der Waals surface area contributed by atoms with Gasteiger partial charge in [-0.2, -0.15) is 5.10 Å². The standard InChI is InChI=1S/C14H23ClN4O2/c1-2-18(11-5-3-10(16)4-6-11)12-9-17-19(7-8-20)14(21)13(12)15/h9-11,20H,2-8,16H2,1H3. The topological polar surface area (TPSA) is 84.4 Å². The van der Waals surface area contributed by atoms with E-state index in [0.717, 1.165) is 32.2 Å². The van der Waals surface area contributed by atoms with Crippen LogP contribution in [-0.4, -0.2) is 40.1 Å². The second kappa shape index (κ2) is 7.24. The molecule has 0 aromatic carbocycles. The van der Waals surface area contributed by atoms with Crippen molar-refractivity contribution in [3.05, 3.63) is 21.6 Å². The van der Waals surface area contributed by atoms with Gasteiger partial charge in [0.05, 0.1) is 25.0 Å². The van der Waals surface area contributed by atoms with Crippen molar-refractivity contribution in [2.45, 2.75) is 51.2 Å². The van der Waals surface area contributed by atoms with Crippen molar-refractivity contribution in [1.82, 2.24) is 9.78 Å². The number of aromatic nitrogens is 2. The predicted molar refractivity (Wildman–Crippen MR) is 83.8 cm³/mol. The Labute approximate surface area is 129 Å². The van der Waals surface area contributed by atoms with Crippen LogP contribution < -0.4 is 16.2 Å². The molecule has 2 rings (SSSR count). The number of rotatable bonds is 5. The van der Waals surface area contributed by atoms with Crippen LogP contribution in [0.5, 0.6) is 0 Å². The molecule has 1 heterocycles. The summed E-state index contributed by atoms with van der Waals surface area (Å²) >= 11 is 6.23. The van der Waals surface area contributed by atoms with Crippen molar-refractivity contribution in [1.29, 1.82) is 0 Å². The zero-order chi connectivity index (χ0) is 15.4. The maximum atomic E-state index is 12.1. The zero-order valence-electron chi connectivity index (χ0n) is 12.3. The van der Waals surface area contributed by atoms with E-state index in [2.05, 4.69) is 10.00 Å². The molecule has 1 fully saturated rings. The van der Waals surface area contributed by atoms with Gasteiger partial charge in [0.25, 0.3) is 5.56 Å². The summed E-state index contributed by atoms with van der Waals surface area (Å²) in [5, 5.41) is 13.2. The maximum absolute atomic E-state index is 12.1. The number of nitrogens with zero attached hydrogens (tertiary/aromatic N) is 3. The molecule has 6 nitrogen and oxygen atoms in total. The fraction of sp³-hybridized carbons (Fsp3) is 0.714. The molecule has 0 aliphatic heterocycles. The minimum Gasteiger partial charge on any atom is -0.394 e. The summed E-state index contributed by atoms with van der Waals surface area (Å²) in [6.07, 6.45) is 5.62. The van der Waals surface area contributed by atoms with Crippen LogP contribution in [0.25, 0.3) is 0 Å². The Hall–Kier alpha value is -1.11. The van der Waals surface area contributed by atoms with Gasteiger partial charge in [-0.25, -0.2) is 4.68 Å². The largest absolute Gasteiger partial charge is 0.394 e. The SMILES string of the molecule is CCN(c1cnn(CCO)c(=O)c1Cl)C1CCC(N)CC1. The highest BCUT2D eigenvalue weighted by molar-refractivity contribution is 6.33. The Morgan fingerprint density at radius 2 is 2.14 bits per heavy atom. The zero-order valence-corrected chi connectivity index (χ0v) is 13.1. The summed E-state index contributed by atoms with van der Waals surface area (Å²) in [5.74, 6) is 0. The average Bonchev–Trinajstić information content (AvgIpc) is 2.49. The molecule has 0 spiro atoms. The van der Waals surface area contributed by atoms with E-state index in [1.54, 1.807) is 6.20 Å². The maximum Gasteiger partial charge on any atom is 0.287 e. The molecule has 1 aliphatic rings. The molecule has 1 saturated carbocycles. The van der Waals surface area contributed by atoms with E-state index < -0.39 is 0 Å². The van der Waals surface area contributed by atoms with Gasteiger partial charge >= 0.3 is 0 Å². The van der Waals surface area contributed by atoms with Crippen LogP contribution in [0.1, 0.15) is 32.6 Å². The van der Waals surface area contributed by atoms with E-state index in [-0.39, 0.29) is 29.8 Å². The molecule has 0 unspecified atom stereocenters. The Morgan fingerprint density at radius 1 is 1.48 bits per heavy atom. The van der Waals surface area contributed by atoms with E-state index in [1.165, 1.54) is 4.68 Å². The lowest BCUT2D eigenvalue weighted by atomic mass is 9.90. The Bertz CT molecular complexity index is 526. The lowest BCUT2D eigenvalue weighted by Gasteiger charge is -2.37. The van der Waals surface area contributed by atoms with Gasteiger partial charge in [-0.15, -0.1) is 0 Å². The van der Waals surface area contributed by atoms with Crippen LogP contribution in [0.4, 0.5) is 5.69 Å². The van der Waals surface area contributed by atoms with E-state index >= 15 is 0 Å². The van der Waals surface area contributed by atoms with E-state index in [9.17, 15) is 4.79 Å². The molecule has 1 aromatic rings. The monoisotopic (exact) mass is 314 g/mol.